The summed E-state index contributed by atoms with van der Waals surface area (Å²) < 4.78 is 34.4. The molecule has 0 aliphatic carbocycles. The number of rotatable bonds is 6. The van der Waals surface area contributed by atoms with Gasteiger partial charge in [-0.2, -0.15) is 4.39 Å². The molecule has 0 saturated carbocycles. The van der Waals surface area contributed by atoms with E-state index in [1.54, 1.807) is 30.7 Å². The smallest absolute Gasteiger partial charge is 0.200 e. The number of anilines is 1. The maximum atomic E-state index is 14.4. The minimum Gasteiger partial charge on any atom is -0.490 e. The van der Waals surface area contributed by atoms with Crippen LogP contribution >= 0.6 is 0 Å². The van der Waals surface area contributed by atoms with Crippen LogP contribution in [0.5, 0.6) is 5.75 Å². The van der Waals surface area contributed by atoms with Crippen LogP contribution in [0.1, 0.15) is 30.6 Å². The van der Waals surface area contributed by atoms with Gasteiger partial charge in [-0.1, -0.05) is 0 Å². The molecule has 3 aromatic rings. The van der Waals surface area contributed by atoms with E-state index in [2.05, 4.69) is 25.3 Å². The molecule has 1 unspecified atom stereocenters. The molecule has 1 fully saturated rings. The zero-order chi connectivity index (χ0) is 22.1. The number of nitrogens with zero attached hydrogens (tertiary/aromatic N) is 5. The van der Waals surface area contributed by atoms with Crippen LogP contribution in [-0.2, 0) is 6.42 Å². The number of fused-ring (bicyclic) bond motifs is 1. The highest BCUT2D eigenvalue weighted by Gasteiger charge is 2.28. The van der Waals surface area contributed by atoms with E-state index in [9.17, 15) is 8.78 Å². The molecule has 0 bridgehead atoms. The minimum atomic E-state index is -0.943. The predicted molar refractivity (Wildman–Crippen MR) is 115 cm³/mol. The van der Waals surface area contributed by atoms with Crippen LogP contribution in [0.3, 0.4) is 0 Å². The fourth-order valence-corrected chi connectivity index (χ4v) is 4.15. The molecule has 0 spiro atoms. The van der Waals surface area contributed by atoms with E-state index in [4.69, 9.17) is 4.74 Å². The predicted octanol–water partition coefficient (Wildman–Crippen LogP) is 3.32. The summed E-state index contributed by atoms with van der Waals surface area (Å²) in [6.45, 7) is 4.88. The highest BCUT2D eigenvalue weighted by Crippen LogP contribution is 2.36. The molecule has 1 atom stereocenters. The van der Waals surface area contributed by atoms with Gasteiger partial charge in [0.05, 0.1) is 18.3 Å². The van der Waals surface area contributed by atoms with Crippen LogP contribution < -0.4 is 15.0 Å². The number of aromatic nitrogens is 4. The highest BCUT2D eigenvalue weighted by molar-refractivity contribution is 5.55. The third-order valence-electron chi connectivity index (χ3n) is 6.13. The quantitative estimate of drug-likeness (QED) is 0.633. The number of nitrogens with one attached hydrogen (secondary N) is 1. The molecular weight excluding hydrogens is 414 g/mol. The average Bonchev–Trinajstić information content (AvgIpc) is 2.78. The lowest BCUT2D eigenvalue weighted by molar-refractivity contribution is 0.230. The third kappa shape index (κ3) is 4.00. The summed E-state index contributed by atoms with van der Waals surface area (Å²) in [5, 5.41) is 3.19. The standard InChI is InChI=1S/C23H24F2N6O/c1-14-17-13-29-23(22-27-5-2-6-28-22)30-19(17)3-7-31(14)16-9-18(24)21(25)20(10-16)32-8-4-15-11-26-12-15/h2,5-6,9-10,13-15,26H,3-4,7-8,11-12H2,1H3. The molecule has 4 heterocycles. The Labute approximate surface area is 184 Å². The summed E-state index contributed by atoms with van der Waals surface area (Å²) in [6.07, 6.45) is 6.54. The largest absolute Gasteiger partial charge is 0.490 e. The van der Waals surface area contributed by atoms with Gasteiger partial charge in [0, 0.05) is 54.9 Å². The van der Waals surface area contributed by atoms with Gasteiger partial charge < -0.3 is 15.0 Å². The monoisotopic (exact) mass is 438 g/mol. The number of hydrogen-bond acceptors (Lipinski definition) is 7. The first-order chi connectivity index (χ1) is 15.6. The summed E-state index contributed by atoms with van der Waals surface area (Å²) >= 11 is 0. The van der Waals surface area contributed by atoms with Gasteiger partial charge in [-0.25, -0.2) is 24.3 Å². The van der Waals surface area contributed by atoms with Crippen molar-refractivity contribution in [3.63, 3.8) is 0 Å². The second kappa shape index (κ2) is 8.74. The second-order valence-electron chi connectivity index (χ2n) is 8.19. The van der Waals surface area contributed by atoms with E-state index in [-0.39, 0.29) is 11.8 Å². The summed E-state index contributed by atoms with van der Waals surface area (Å²) in [5.74, 6) is -0.398. The molecule has 9 heteroatoms. The number of ether oxygens (including phenoxy) is 1. The van der Waals surface area contributed by atoms with Crippen molar-refractivity contribution < 1.29 is 13.5 Å². The fourth-order valence-electron chi connectivity index (χ4n) is 4.15. The van der Waals surface area contributed by atoms with Crippen LogP contribution in [0.4, 0.5) is 14.5 Å². The van der Waals surface area contributed by atoms with Gasteiger partial charge in [-0.15, -0.1) is 0 Å². The molecular formula is C23H24F2N6O. The maximum absolute atomic E-state index is 14.4. The Balaban J connectivity index is 1.36. The lowest BCUT2D eigenvalue weighted by Gasteiger charge is -2.36. The highest BCUT2D eigenvalue weighted by atomic mass is 19.2. The van der Waals surface area contributed by atoms with Crippen molar-refractivity contribution in [2.45, 2.75) is 25.8 Å². The van der Waals surface area contributed by atoms with Crippen LogP contribution in [0.25, 0.3) is 11.6 Å². The van der Waals surface area contributed by atoms with E-state index in [1.165, 1.54) is 6.07 Å². The Morgan fingerprint density at radius 2 is 1.94 bits per heavy atom. The molecule has 166 valence electrons. The Morgan fingerprint density at radius 3 is 2.69 bits per heavy atom. The molecule has 1 aromatic carbocycles. The van der Waals surface area contributed by atoms with E-state index in [0.717, 1.165) is 30.8 Å². The minimum absolute atomic E-state index is 0.0434. The van der Waals surface area contributed by atoms with Gasteiger partial charge in [0.25, 0.3) is 0 Å². The van der Waals surface area contributed by atoms with E-state index >= 15 is 0 Å². The average molecular weight is 438 g/mol. The van der Waals surface area contributed by atoms with E-state index < -0.39 is 11.6 Å². The fraction of sp³-hybridized carbons (Fsp3) is 0.391. The first-order valence-corrected chi connectivity index (χ1v) is 10.8. The summed E-state index contributed by atoms with van der Waals surface area (Å²) in [7, 11) is 0. The Hall–Kier alpha value is -3.20. The van der Waals surface area contributed by atoms with Gasteiger partial charge >= 0.3 is 0 Å². The zero-order valence-electron chi connectivity index (χ0n) is 17.8. The van der Waals surface area contributed by atoms with E-state index in [1.807, 2.05) is 11.8 Å². The van der Waals surface area contributed by atoms with Crippen LogP contribution in [-0.4, -0.2) is 46.2 Å². The van der Waals surface area contributed by atoms with Crippen molar-refractivity contribution >= 4 is 5.69 Å². The van der Waals surface area contributed by atoms with Gasteiger partial charge in [0.15, 0.2) is 23.2 Å². The molecule has 2 aromatic heterocycles. The lowest BCUT2D eigenvalue weighted by atomic mass is 9.98. The van der Waals surface area contributed by atoms with Crippen LogP contribution in [0, 0.1) is 17.6 Å². The van der Waals surface area contributed by atoms with Crippen LogP contribution in [0.15, 0.2) is 36.8 Å². The molecule has 32 heavy (non-hydrogen) atoms. The molecule has 5 rings (SSSR count). The molecule has 1 saturated heterocycles. The maximum Gasteiger partial charge on any atom is 0.200 e. The molecule has 7 nitrogen and oxygen atoms in total. The third-order valence-corrected chi connectivity index (χ3v) is 6.13. The van der Waals surface area contributed by atoms with Gasteiger partial charge in [-0.3, -0.25) is 0 Å². The van der Waals surface area contributed by atoms with Crippen LogP contribution in [0.2, 0.25) is 0 Å². The van der Waals surface area contributed by atoms with Crippen molar-refractivity contribution in [2.75, 3.05) is 31.1 Å². The molecule has 0 amide bonds. The normalized spacial score (nSPS) is 18.2. The molecule has 2 aliphatic rings. The second-order valence-corrected chi connectivity index (χ2v) is 8.19. The first kappa shape index (κ1) is 20.7. The first-order valence-electron chi connectivity index (χ1n) is 10.8. The summed E-state index contributed by atoms with van der Waals surface area (Å²) in [6, 6.07) is 4.45. The SMILES string of the molecule is CC1c2cnc(-c3ncccn3)nc2CCN1c1cc(F)c(F)c(OCCC2CNC2)c1. The Kier molecular flexibility index (Phi) is 5.65. The summed E-state index contributed by atoms with van der Waals surface area (Å²) in [5.41, 5.74) is 2.44. The van der Waals surface area contributed by atoms with Gasteiger partial charge in [0.1, 0.15) is 0 Å². The van der Waals surface area contributed by atoms with Crippen molar-refractivity contribution in [3.8, 4) is 17.4 Å². The Bertz CT molecular complexity index is 1110. The van der Waals surface area contributed by atoms with Crippen molar-refractivity contribution in [3.05, 3.63) is 59.7 Å². The van der Waals surface area contributed by atoms with Crippen molar-refractivity contribution in [1.82, 2.24) is 25.3 Å². The molecule has 2 aliphatic heterocycles. The van der Waals surface area contributed by atoms with Crippen molar-refractivity contribution in [1.29, 1.82) is 0 Å². The molecule has 0 radical (unpaired) electrons. The topological polar surface area (TPSA) is 76.1 Å². The van der Waals surface area contributed by atoms with Gasteiger partial charge in [0.2, 0.25) is 5.82 Å². The zero-order valence-corrected chi connectivity index (χ0v) is 17.8. The number of benzene rings is 1. The number of halogens is 2. The Morgan fingerprint density at radius 1 is 1.12 bits per heavy atom. The van der Waals surface area contributed by atoms with Gasteiger partial charge in [-0.05, 0) is 38.4 Å². The lowest BCUT2D eigenvalue weighted by Crippen LogP contribution is -2.42. The summed E-state index contributed by atoms with van der Waals surface area (Å²) in [4.78, 5) is 19.5. The number of hydrogen-bond donors (Lipinski definition) is 1. The van der Waals surface area contributed by atoms with Crippen molar-refractivity contribution in [2.24, 2.45) is 5.92 Å². The van der Waals surface area contributed by atoms with E-state index in [0.29, 0.717) is 42.8 Å². The molecule has 1 N–H and O–H groups in total.